The summed E-state index contributed by atoms with van der Waals surface area (Å²) >= 11 is 0. The van der Waals surface area contributed by atoms with Gasteiger partial charge < -0.3 is 9.30 Å². The zero-order valence-corrected chi connectivity index (χ0v) is 14.9. The Kier molecular flexibility index (Phi) is 5.48. The van der Waals surface area contributed by atoms with E-state index in [0.29, 0.717) is 6.04 Å². The van der Waals surface area contributed by atoms with Gasteiger partial charge >= 0.3 is 0 Å². The summed E-state index contributed by atoms with van der Waals surface area (Å²) < 4.78 is 7.87. The van der Waals surface area contributed by atoms with Gasteiger partial charge in [-0.2, -0.15) is 0 Å². The standard InChI is InChI=1S/C18H27N5O/c1-15-19-20-18(22(15)3)14-21(2)16-9-10-23(13-16)11-12-24-17-7-5-4-6-8-17/h4-8,16H,9-14H2,1-3H3/t16-/m1/s1. The molecular weight excluding hydrogens is 302 g/mol. The normalized spacial score (nSPS) is 18.4. The maximum absolute atomic E-state index is 5.80. The molecule has 0 aliphatic carbocycles. The molecule has 130 valence electrons. The molecule has 2 aromatic rings. The molecule has 1 aliphatic heterocycles. The van der Waals surface area contributed by atoms with E-state index in [2.05, 4.69) is 31.6 Å². The molecule has 0 spiro atoms. The Labute approximate surface area is 144 Å². The quantitative estimate of drug-likeness (QED) is 0.774. The van der Waals surface area contributed by atoms with Crippen molar-refractivity contribution in [2.24, 2.45) is 7.05 Å². The Morgan fingerprint density at radius 2 is 2.04 bits per heavy atom. The van der Waals surface area contributed by atoms with E-state index < -0.39 is 0 Å². The molecule has 0 saturated carbocycles. The van der Waals surface area contributed by atoms with Crippen molar-refractivity contribution in [2.75, 3.05) is 33.3 Å². The van der Waals surface area contributed by atoms with Crippen LogP contribution < -0.4 is 4.74 Å². The van der Waals surface area contributed by atoms with Crippen molar-refractivity contribution in [1.82, 2.24) is 24.6 Å². The van der Waals surface area contributed by atoms with Crippen LogP contribution in [0.2, 0.25) is 0 Å². The molecule has 6 nitrogen and oxygen atoms in total. The van der Waals surface area contributed by atoms with Gasteiger partial charge in [-0.15, -0.1) is 10.2 Å². The molecule has 1 aromatic carbocycles. The summed E-state index contributed by atoms with van der Waals surface area (Å²) in [6.07, 6.45) is 1.19. The molecule has 0 amide bonds. The van der Waals surface area contributed by atoms with Crippen molar-refractivity contribution in [1.29, 1.82) is 0 Å². The van der Waals surface area contributed by atoms with Gasteiger partial charge in [0.15, 0.2) is 0 Å². The third kappa shape index (κ3) is 4.13. The first-order valence-electron chi connectivity index (χ1n) is 8.59. The largest absolute Gasteiger partial charge is 0.492 e. The van der Waals surface area contributed by atoms with E-state index in [4.69, 9.17) is 4.74 Å². The highest BCUT2D eigenvalue weighted by molar-refractivity contribution is 5.20. The molecule has 1 aromatic heterocycles. The molecule has 2 heterocycles. The highest BCUT2D eigenvalue weighted by Gasteiger charge is 2.26. The number of likely N-dealkylation sites (tertiary alicyclic amines) is 1. The van der Waals surface area contributed by atoms with Gasteiger partial charge in [-0.05, 0) is 39.1 Å². The Morgan fingerprint density at radius 3 is 2.75 bits per heavy atom. The van der Waals surface area contributed by atoms with Crippen LogP contribution in [0.4, 0.5) is 0 Å². The zero-order valence-electron chi connectivity index (χ0n) is 14.9. The van der Waals surface area contributed by atoms with Gasteiger partial charge in [-0.1, -0.05) is 18.2 Å². The number of ether oxygens (including phenoxy) is 1. The Morgan fingerprint density at radius 1 is 1.25 bits per heavy atom. The molecule has 1 saturated heterocycles. The van der Waals surface area contributed by atoms with Crippen LogP contribution in [0.15, 0.2) is 30.3 Å². The van der Waals surface area contributed by atoms with Crippen LogP contribution >= 0.6 is 0 Å². The fraction of sp³-hybridized carbons (Fsp3) is 0.556. The van der Waals surface area contributed by atoms with E-state index in [0.717, 1.165) is 50.2 Å². The minimum Gasteiger partial charge on any atom is -0.492 e. The Balaban J connectivity index is 1.42. The van der Waals surface area contributed by atoms with Gasteiger partial charge in [-0.25, -0.2) is 0 Å². The molecule has 24 heavy (non-hydrogen) atoms. The lowest BCUT2D eigenvalue weighted by Crippen LogP contribution is -2.35. The molecule has 0 radical (unpaired) electrons. The first kappa shape index (κ1) is 16.9. The third-order valence-electron chi connectivity index (χ3n) is 4.86. The predicted octanol–water partition coefficient (Wildman–Crippen LogP) is 1.71. The summed E-state index contributed by atoms with van der Waals surface area (Å²) in [5.74, 6) is 2.94. The minimum atomic E-state index is 0.568. The number of hydrogen-bond donors (Lipinski definition) is 0. The van der Waals surface area contributed by atoms with E-state index in [1.807, 2.05) is 44.3 Å². The van der Waals surface area contributed by atoms with Gasteiger partial charge in [-0.3, -0.25) is 9.80 Å². The smallest absolute Gasteiger partial charge is 0.146 e. The van der Waals surface area contributed by atoms with Crippen molar-refractivity contribution in [3.8, 4) is 5.75 Å². The molecule has 0 unspecified atom stereocenters. The summed E-state index contributed by atoms with van der Waals surface area (Å²) in [7, 11) is 4.21. The van der Waals surface area contributed by atoms with Crippen LogP contribution in [0.3, 0.4) is 0 Å². The number of rotatable bonds is 7. The van der Waals surface area contributed by atoms with Crippen LogP contribution in [0.1, 0.15) is 18.1 Å². The number of para-hydroxylation sites is 1. The molecule has 1 atom stereocenters. The number of benzene rings is 1. The zero-order chi connectivity index (χ0) is 16.9. The first-order chi connectivity index (χ1) is 11.6. The predicted molar refractivity (Wildman–Crippen MR) is 94.0 cm³/mol. The maximum Gasteiger partial charge on any atom is 0.146 e. The summed E-state index contributed by atoms with van der Waals surface area (Å²) in [6, 6.07) is 10.6. The van der Waals surface area contributed by atoms with Gasteiger partial charge in [0.1, 0.15) is 24.0 Å². The lowest BCUT2D eigenvalue weighted by Gasteiger charge is -2.24. The third-order valence-corrected chi connectivity index (χ3v) is 4.86. The lowest BCUT2D eigenvalue weighted by atomic mass is 10.2. The highest BCUT2D eigenvalue weighted by Crippen LogP contribution is 2.16. The molecule has 0 bridgehead atoms. The maximum atomic E-state index is 5.80. The van der Waals surface area contributed by atoms with Crippen molar-refractivity contribution >= 4 is 0 Å². The molecule has 3 rings (SSSR count). The Bertz CT molecular complexity index is 642. The summed E-state index contributed by atoms with van der Waals surface area (Å²) in [4.78, 5) is 4.87. The molecule has 0 N–H and O–H groups in total. The monoisotopic (exact) mass is 329 g/mol. The average Bonchev–Trinajstić information content (AvgIpc) is 3.18. The fourth-order valence-corrected chi connectivity index (χ4v) is 3.13. The lowest BCUT2D eigenvalue weighted by molar-refractivity contribution is 0.200. The van der Waals surface area contributed by atoms with Crippen LogP contribution in [0, 0.1) is 6.92 Å². The van der Waals surface area contributed by atoms with Gasteiger partial charge in [0, 0.05) is 26.2 Å². The molecular formula is C18H27N5O. The summed E-state index contributed by atoms with van der Waals surface area (Å²) in [5.41, 5.74) is 0. The first-order valence-corrected chi connectivity index (χ1v) is 8.59. The van der Waals surface area contributed by atoms with Crippen molar-refractivity contribution < 1.29 is 4.74 Å². The van der Waals surface area contributed by atoms with E-state index in [1.165, 1.54) is 6.42 Å². The summed E-state index contributed by atoms with van der Waals surface area (Å²) in [5, 5.41) is 8.41. The number of aryl methyl sites for hydroxylation is 1. The number of hydrogen-bond acceptors (Lipinski definition) is 5. The van der Waals surface area contributed by atoms with E-state index >= 15 is 0 Å². The van der Waals surface area contributed by atoms with Crippen LogP contribution in [-0.2, 0) is 13.6 Å². The van der Waals surface area contributed by atoms with Gasteiger partial charge in [0.2, 0.25) is 0 Å². The van der Waals surface area contributed by atoms with E-state index in [9.17, 15) is 0 Å². The van der Waals surface area contributed by atoms with Gasteiger partial charge in [0.25, 0.3) is 0 Å². The van der Waals surface area contributed by atoms with Gasteiger partial charge in [0.05, 0.1) is 6.54 Å². The van der Waals surface area contributed by atoms with Crippen molar-refractivity contribution in [3.05, 3.63) is 42.0 Å². The molecule has 1 aliphatic rings. The van der Waals surface area contributed by atoms with Crippen LogP contribution in [-0.4, -0.2) is 63.9 Å². The number of likely N-dealkylation sites (N-methyl/N-ethyl adjacent to an activating group) is 1. The second-order valence-corrected chi connectivity index (χ2v) is 6.54. The highest BCUT2D eigenvalue weighted by atomic mass is 16.5. The van der Waals surface area contributed by atoms with Crippen molar-refractivity contribution in [2.45, 2.75) is 25.9 Å². The Hall–Kier alpha value is -1.92. The number of aromatic nitrogens is 3. The molecule has 6 heteroatoms. The van der Waals surface area contributed by atoms with Crippen LogP contribution in [0.5, 0.6) is 5.75 Å². The number of nitrogens with zero attached hydrogens (tertiary/aromatic N) is 5. The second kappa shape index (κ2) is 7.77. The van der Waals surface area contributed by atoms with Crippen molar-refractivity contribution in [3.63, 3.8) is 0 Å². The fourth-order valence-electron chi connectivity index (χ4n) is 3.13. The SMILES string of the molecule is Cc1nnc(CN(C)[C@@H]2CCN(CCOc3ccccc3)C2)n1C. The van der Waals surface area contributed by atoms with E-state index in [1.54, 1.807) is 0 Å². The topological polar surface area (TPSA) is 46.4 Å². The van der Waals surface area contributed by atoms with E-state index in [-0.39, 0.29) is 0 Å². The minimum absolute atomic E-state index is 0.568. The van der Waals surface area contributed by atoms with Crippen LogP contribution in [0.25, 0.3) is 0 Å². The second-order valence-electron chi connectivity index (χ2n) is 6.54. The summed E-state index contributed by atoms with van der Waals surface area (Å²) in [6.45, 7) is 6.76. The molecule has 1 fully saturated rings. The average molecular weight is 329 g/mol.